The summed E-state index contributed by atoms with van der Waals surface area (Å²) in [6, 6.07) is -1.76. The lowest BCUT2D eigenvalue weighted by atomic mass is 9.94. The highest BCUT2D eigenvalue weighted by atomic mass is 16.6. The molecular weight excluding hydrogens is 312 g/mol. The minimum Gasteiger partial charge on any atom is -0.388 e. The van der Waals surface area contributed by atoms with Crippen LogP contribution in [0.4, 0.5) is 4.79 Å². The lowest BCUT2D eigenvalue weighted by molar-refractivity contribution is -0.134. The molecule has 1 aromatic heterocycles. The molecule has 3 heterocycles. The Hall–Kier alpha value is -2.21. The summed E-state index contributed by atoms with van der Waals surface area (Å²) in [5, 5.41) is 22.6. The molecule has 2 amide bonds. The second-order valence-corrected chi connectivity index (χ2v) is 5.44. The van der Waals surface area contributed by atoms with E-state index in [0.29, 0.717) is 0 Å². The average molecular weight is 328 g/mol. The average Bonchev–Trinajstić information content (AvgIpc) is 2.79. The number of aromatic nitrogens is 2. The van der Waals surface area contributed by atoms with E-state index in [1.54, 1.807) is 0 Å². The number of ether oxygens (including phenoxy) is 2. The van der Waals surface area contributed by atoms with Crippen molar-refractivity contribution in [2.24, 2.45) is 5.73 Å². The second-order valence-electron chi connectivity index (χ2n) is 5.44. The van der Waals surface area contributed by atoms with Crippen LogP contribution in [0.15, 0.2) is 15.8 Å². The SMILES string of the molecule is NC(=O)NC1C(O)COC2C(O)C(c3c[nH]c(=O)[nH]c3=O)OC12. The van der Waals surface area contributed by atoms with Crippen LogP contribution >= 0.6 is 0 Å². The molecule has 3 rings (SSSR count). The molecule has 2 aliphatic heterocycles. The van der Waals surface area contributed by atoms with Gasteiger partial charge >= 0.3 is 11.7 Å². The molecule has 2 saturated heterocycles. The van der Waals surface area contributed by atoms with Crippen molar-refractivity contribution in [3.63, 3.8) is 0 Å². The van der Waals surface area contributed by atoms with E-state index >= 15 is 0 Å². The Kier molecular flexibility index (Phi) is 3.93. The number of carbonyl (C=O) groups is 1. The van der Waals surface area contributed by atoms with Crippen LogP contribution in [0.1, 0.15) is 11.7 Å². The summed E-state index contributed by atoms with van der Waals surface area (Å²) in [5.74, 6) is 0. The Morgan fingerprint density at radius 3 is 2.74 bits per heavy atom. The van der Waals surface area contributed by atoms with Gasteiger partial charge in [0, 0.05) is 6.20 Å². The van der Waals surface area contributed by atoms with Gasteiger partial charge in [0.05, 0.1) is 18.2 Å². The fraction of sp³-hybridized carbons (Fsp3) is 0.583. The van der Waals surface area contributed by atoms with Crippen molar-refractivity contribution in [2.75, 3.05) is 6.61 Å². The van der Waals surface area contributed by atoms with Gasteiger partial charge in [-0.25, -0.2) is 9.59 Å². The van der Waals surface area contributed by atoms with Gasteiger partial charge in [0.1, 0.15) is 30.5 Å². The highest BCUT2D eigenvalue weighted by molar-refractivity contribution is 5.72. The van der Waals surface area contributed by atoms with Crippen molar-refractivity contribution in [3.05, 3.63) is 32.6 Å². The highest BCUT2D eigenvalue weighted by Crippen LogP contribution is 2.37. The third-order valence-electron chi connectivity index (χ3n) is 3.97. The number of H-pyrrole nitrogens is 2. The molecule has 7 N–H and O–H groups in total. The number of nitrogens with one attached hydrogen (secondary N) is 3. The molecule has 126 valence electrons. The van der Waals surface area contributed by atoms with Gasteiger partial charge in [0.25, 0.3) is 5.56 Å². The number of rotatable bonds is 2. The van der Waals surface area contributed by atoms with Crippen molar-refractivity contribution in [3.8, 4) is 0 Å². The van der Waals surface area contributed by atoms with E-state index in [0.717, 1.165) is 6.20 Å². The number of hydrogen-bond donors (Lipinski definition) is 6. The predicted octanol–water partition coefficient (Wildman–Crippen LogP) is -3.34. The Balaban J connectivity index is 1.91. The summed E-state index contributed by atoms with van der Waals surface area (Å²) in [4.78, 5) is 38.3. The van der Waals surface area contributed by atoms with Gasteiger partial charge in [-0.3, -0.25) is 9.78 Å². The van der Waals surface area contributed by atoms with Gasteiger partial charge in [0.15, 0.2) is 0 Å². The number of primary amides is 1. The Labute approximate surface area is 128 Å². The molecule has 0 aromatic carbocycles. The van der Waals surface area contributed by atoms with Crippen LogP contribution in [0.3, 0.4) is 0 Å². The number of aromatic amines is 2. The maximum absolute atomic E-state index is 11.9. The number of carbonyl (C=O) groups excluding carboxylic acids is 1. The molecule has 23 heavy (non-hydrogen) atoms. The van der Waals surface area contributed by atoms with Gasteiger partial charge in [-0.2, -0.15) is 0 Å². The molecule has 11 nitrogen and oxygen atoms in total. The minimum absolute atomic E-state index is 0.00224. The fourth-order valence-corrected chi connectivity index (χ4v) is 2.94. The van der Waals surface area contributed by atoms with Crippen molar-refractivity contribution >= 4 is 6.03 Å². The molecule has 6 atom stereocenters. The molecule has 0 radical (unpaired) electrons. The Morgan fingerprint density at radius 2 is 2.09 bits per heavy atom. The molecular formula is C12H16N4O7. The van der Waals surface area contributed by atoms with Crippen LogP contribution < -0.4 is 22.3 Å². The monoisotopic (exact) mass is 328 g/mol. The lowest BCUT2D eigenvalue weighted by Crippen LogP contribution is -2.61. The van der Waals surface area contributed by atoms with E-state index in [1.807, 2.05) is 4.98 Å². The highest BCUT2D eigenvalue weighted by Gasteiger charge is 2.53. The number of aliphatic hydroxyl groups excluding tert-OH is 2. The number of urea groups is 1. The first-order chi connectivity index (χ1) is 10.9. The van der Waals surface area contributed by atoms with Crippen LogP contribution in [0, 0.1) is 0 Å². The van der Waals surface area contributed by atoms with Crippen LogP contribution in [-0.4, -0.2) is 63.3 Å². The van der Waals surface area contributed by atoms with Crippen molar-refractivity contribution in [1.82, 2.24) is 15.3 Å². The quantitative estimate of drug-likeness (QED) is 0.328. The predicted molar refractivity (Wildman–Crippen MR) is 73.6 cm³/mol. The Bertz CT molecular complexity index is 716. The summed E-state index contributed by atoms with van der Waals surface area (Å²) in [5.41, 5.74) is 3.67. The second kappa shape index (κ2) is 5.77. The van der Waals surface area contributed by atoms with Gasteiger partial charge < -0.3 is 35.7 Å². The summed E-state index contributed by atoms with van der Waals surface area (Å²) in [6.07, 6.45) is -4.03. The maximum Gasteiger partial charge on any atom is 0.325 e. The molecule has 0 spiro atoms. The lowest BCUT2D eigenvalue weighted by Gasteiger charge is -2.36. The zero-order valence-corrected chi connectivity index (χ0v) is 11.8. The van der Waals surface area contributed by atoms with Gasteiger partial charge in [-0.15, -0.1) is 0 Å². The fourth-order valence-electron chi connectivity index (χ4n) is 2.94. The van der Waals surface area contributed by atoms with Crippen LogP contribution in [0.25, 0.3) is 0 Å². The van der Waals surface area contributed by atoms with Crippen molar-refractivity contribution in [1.29, 1.82) is 0 Å². The number of fused-ring (bicyclic) bond motifs is 1. The number of hydrogen-bond acceptors (Lipinski definition) is 7. The van der Waals surface area contributed by atoms with Crippen molar-refractivity contribution < 1.29 is 24.5 Å². The maximum atomic E-state index is 11.9. The molecule has 2 aliphatic rings. The first-order valence-corrected chi connectivity index (χ1v) is 6.89. The van der Waals surface area contributed by atoms with Crippen LogP contribution in [0.5, 0.6) is 0 Å². The normalized spacial score (nSPS) is 36.4. The molecule has 0 saturated carbocycles. The summed E-state index contributed by atoms with van der Waals surface area (Å²) < 4.78 is 11.0. The summed E-state index contributed by atoms with van der Waals surface area (Å²) in [7, 11) is 0. The Morgan fingerprint density at radius 1 is 1.35 bits per heavy atom. The first-order valence-electron chi connectivity index (χ1n) is 6.89. The number of aliphatic hydroxyl groups is 2. The first kappa shape index (κ1) is 15.7. The third kappa shape index (κ3) is 2.74. The van der Waals surface area contributed by atoms with E-state index in [9.17, 15) is 24.6 Å². The number of nitrogens with two attached hydrogens (primary N) is 1. The zero-order valence-electron chi connectivity index (χ0n) is 11.8. The van der Waals surface area contributed by atoms with Crippen LogP contribution in [0.2, 0.25) is 0 Å². The molecule has 2 fully saturated rings. The molecule has 1 aromatic rings. The topological polar surface area (TPSA) is 180 Å². The van der Waals surface area contributed by atoms with E-state index in [-0.39, 0.29) is 12.2 Å². The third-order valence-corrected chi connectivity index (χ3v) is 3.97. The summed E-state index contributed by atoms with van der Waals surface area (Å²) >= 11 is 0. The van der Waals surface area contributed by atoms with E-state index in [1.165, 1.54) is 0 Å². The van der Waals surface area contributed by atoms with Gasteiger partial charge in [-0.05, 0) is 0 Å². The minimum atomic E-state index is -1.23. The number of amides is 2. The van der Waals surface area contributed by atoms with E-state index < -0.39 is 53.8 Å². The smallest absolute Gasteiger partial charge is 0.325 e. The van der Waals surface area contributed by atoms with E-state index in [2.05, 4.69) is 10.3 Å². The molecule has 6 unspecified atom stereocenters. The van der Waals surface area contributed by atoms with Crippen molar-refractivity contribution in [2.45, 2.75) is 36.6 Å². The van der Waals surface area contributed by atoms with Gasteiger partial charge in [0.2, 0.25) is 0 Å². The van der Waals surface area contributed by atoms with E-state index in [4.69, 9.17) is 15.2 Å². The standard InChI is InChI=1S/C12H16N4O7/c13-11(20)15-5-4(17)2-22-9-6(18)7(23-8(5)9)3-1-14-12(21)16-10(3)19/h1,4-9,17-18H,2H2,(H3,13,15,20)(H2,14,16,19,21). The summed E-state index contributed by atoms with van der Waals surface area (Å²) in [6.45, 7) is -0.138. The van der Waals surface area contributed by atoms with Gasteiger partial charge in [-0.1, -0.05) is 0 Å². The van der Waals surface area contributed by atoms with Crippen LogP contribution in [-0.2, 0) is 9.47 Å². The zero-order chi connectivity index (χ0) is 16.7. The largest absolute Gasteiger partial charge is 0.388 e. The molecule has 0 aliphatic carbocycles. The molecule has 0 bridgehead atoms. The molecule has 11 heteroatoms.